The van der Waals surface area contributed by atoms with Gasteiger partial charge in [-0.2, -0.15) is 0 Å². The monoisotopic (exact) mass is 209 g/mol. The molecule has 5 heteroatoms. The largest absolute Gasteiger partial charge is 0.479 e. The lowest BCUT2D eigenvalue weighted by Gasteiger charge is -2.36. The molecule has 0 spiro atoms. The minimum absolute atomic E-state index is 0. The van der Waals surface area contributed by atoms with Crippen molar-refractivity contribution in [3.63, 3.8) is 0 Å². The summed E-state index contributed by atoms with van der Waals surface area (Å²) in [5.74, 6) is -1.37. The van der Waals surface area contributed by atoms with Gasteiger partial charge in [-0.05, 0) is 25.2 Å². The number of aliphatic carboxylic acids is 1. The van der Waals surface area contributed by atoms with Crippen LogP contribution in [-0.2, 0) is 4.79 Å². The molecule has 4 nitrogen and oxygen atoms in total. The number of hydrogen-bond donors (Lipinski definition) is 3. The third-order valence-corrected chi connectivity index (χ3v) is 2.74. The van der Waals surface area contributed by atoms with Crippen LogP contribution in [0.4, 0.5) is 0 Å². The fourth-order valence-electron chi connectivity index (χ4n) is 1.74. The van der Waals surface area contributed by atoms with E-state index >= 15 is 0 Å². The highest BCUT2D eigenvalue weighted by molar-refractivity contribution is 5.85. The number of carboxylic acid groups (broad SMARTS) is 1. The van der Waals surface area contributed by atoms with Crippen LogP contribution in [0.5, 0.6) is 0 Å². The fourth-order valence-corrected chi connectivity index (χ4v) is 1.74. The molecule has 3 atom stereocenters. The molecule has 1 fully saturated rings. The molecule has 1 rings (SSSR count). The topological polar surface area (TPSA) is 83.5 Å². The van der Waals surface area contributed by atoms with Gasteiger partial charge >= 0.3 is 5.97 Å². The Morgan fingerprint density at radius 1 is 1.62 bits per heavy atom. The van der Waals surface area contributed by atoms with Crippen LogP contribution in [0.2, 0.25) is 0 Å². The van der Waals surface area contributed by atoms with Crippen LogP contribution in [0.15, 0.2) is 0 Å². The van der Waals surface area contributed by atoms with Crippen molar-refractivity contribution < 1.29 is 15.0 Å². The lowest BCUT2D eigenvalue weighted by atomic mass is 9.74. The van der Waals surface area contributed by atoms with Gasteiger partial charge in [-0.25, -0.2) is 4.79 Å². The zero-order chi connectivity index (χ0) is 9.35. The summed E-state index contributed by atoms with van der Waals surface area (Å²) in [5.41, 5.74) is 4.10. The Bertz CT molecular complexity index is 200. The predicted molar refractivity (Wildman–Crippen MR) is 50.8 cm³/mol. The van der Waals surface area contributed by atoms with Gasteiger partial charge in [0.05, 0.1) is 0 Å². The maximum absolute atomic E-state index is 10.7. The van der Waals surface area contributed by atoms with Crippen molar-refractivity contribution >= 4 is 18.4 Å². The van der Waals surface area contributed by atoms with Crippen molar-refractivity contribution in [1.82, 2.24) is 0 Å². The molecule has 78 valence electrons. The second-order valence-corrected chi connectivity index (χ2v) is 3.66. The van der Waals surface area contributed by atoms with E-state index in [0.717, 1.165) is 0 Å². The third kappa shape index (κ3) is 2.33. The molecule has 0 aromatic carbocycles. The van der Waals surface area contributed by atoms with Crippen molar-refractivity contribution in [2.75, 3.05) is 0 Å². The van der Waals surface area contributed by atoms with E-state index in [0.29, 0.717) is 12.8 Å². The van der Waals surface area contributed by atoms with Gasteiger partial charge in [0.25, 0.3) is 0 Å². The molecule has 0 aromatic heterocycles. The lowest BCUT2D eigenvalue weighted by Crippen LogP contribution is -2.50. The highest BCUT2D eigenvalue weighted by atomic mass is 35.5. The quantitative estimate of drug-likeness (QED) is 0.583. The Balaban J connectivity index is 0.00000144. The zero-order valence-electron chi connectivity index (χ0n) is 7.56. The average molecular weight is 210 g/mol. The van der Waals surface area contributed by atoms with Crippen LogP contribution in [0, 0.1) is 5.92 Å². The summed E-state index contributed by atoms with van der Waals surface area (Å²) < 4.78 is 0. The lowest BCUT2D eigenvalue weighted by molar-refractivity contribution is -0.168. The molecule has 4 N–H and O–H groups in total. The number of aliphatic hydroxyl groups is 1. The van der Waals surface area contributed by atoms with Gasteiger partial charge in [-0.15, -0.1) is 12.4 Å². The molecule has 1 saturated carbocycles. The summed E-state index contributed by atoms with van der Waals surface area (Å²) >= 11 is 0. The zero-order valence-corrected chi connectivity index (χ0v) is 8.38. The van der Waals surface area contributed by atoms with Gasteiger partial charge in [0.1, 0.15) is 0 Å². The Hall–Kier alpha value is -0.320. The van der Waals surface area contributed by atoms with Gasteiger partial charge in [-0.1, -0.05) is 6.92 Å². The van der Waals surface area contributed by atoms with Crippen LogP contribution in [0.3, 0.4) is 0 Å². The normalized spacial score (nSPS) is 39.3. The number of carbonyl (C=O) groups is 1. The molecule has 0 saturated heterocycles. The summed E-state index contributed by atoms with van der Waals surface area (Å²) in [5, 5.41) is 18.4. The third-order valence-electron chi connectivity index (χ3n) is 2.74. The molecule has 0 heterocycles. The Morgan fingerprint density at radius 2 is 2.15 bits per heavy atom. The van der Waals surface area contributed by atoms with E-state index in [1.165, 1.54) is 0 Å². The summed E-state index contributed by atoms with van der Waals surface area (Å²) in [4.78, 5) is 10.7. The Kier molecular flexibility index (Phi) is 4.16. The highest BCUT2D eigenvalue weighted by Gasteiger charge is 2.44. The first kappa shape index (κ1) is 12.7. The van der Waals surface area contributed by atoms with Gasteiger partial charge < -0.3 is 15.9 Å². The van der Waals surface area contributed by atoms with Crippen LogP contribution >= 0.6 is 12.4 Å². The average Bonchev–Trinajstić information content (AvgIpc) is 1.97. The first-order chi connectivity index (χ1) is 5.47. The van der Waals surface area contributed by atoms with Gasteiger partial charge in [0, 0.05) is 6.04 Å². The van der Waals surface area contributed by atoms with Gasteiger partial charge in [0.15, 0.2) is 5.60 Å². The molecule has 0 amide bonds. The molecule has 1 aliphatic carbocycles. The number of halogens is 1. The van der Waals surface area contributed by atoms with Crippen molar-refractivity contribution in [1.29, 1.82) is 0 Å². The minimum Gasteiger partial charge on any atom is -0.479 e. The van der Waals surface area contributed by atoms with Gasteiger partial charge in [0.2, 0.25) is 0 Å². The van der Waals surface area contributed by atoms with Crippen LogP contribution in [0.25, 0.3) is 0 Å². The number of rotatable bonds is 1. The molecule has 0 bridgehead atoms. The first-order valence-corrected chi connectivity index (χ1v) is 4.18. The molecule has 1 unspecified atom stereocenters. The number of nitrogens with two attached hydrogens (primary N) is 1. The van der Waals surface area contributed by atoms with Crippen molar-refractivity contribution in [2.45, 2.75) is 37.8 Å². The van der Waals surface area contributed by atoms with Crippen LogP contribution in [0.1, 0.15) is 26.2 Å². The van der Waals surface area contributed by atoms with Crippen molar-refractivity contribution in [3.05, 3.63) is 0 Å². The molecule has 1 aliphatic rings. The second-order valence-electron chi connectivity index (χ2n) is 3.66. The van der Waals surface area contributed by atoms with Crippen LogP contribution < -0.4 is 5.73 Å². The van der Waals surface area contributed by atoms with Crippen molar-refractivity contribution in [3.8, 4) is 0 Å². The number of hydrogen-bond acceptors (Lipinski definition) is 3. The van der Waals surface area contributed by atoms with Gasteiger partial charge in [-0.3, -0.25) is 0 Å². The molecular weight excluding hydrogens is 194 g/mol. The highest BCUT2D eigenvalue weighted by Crippen LogP contribution is 2.33. The smallest absolute Gasteiger partial charge is 0.335 e. The summed E-state index contributed by atoms with van der Waals surface area (Å²) in [7, 11) is 0. The SMILES string of the molecule is C[C@H]1C[C@@H](N)CCC1(O)C(=O)O.Cl. The Morgan fingerprint density at radius 3 is 2.54 bits per heavy atom. The summed E-state index contributed by atoms with van der Waals surface area (Å²) in [6.45, 7) is 1.73. The molecule has 13 heavy (non-hydrogen) atoms. The molecule has 0 radical (unpaired) electrons. The van der Waals surface area contributed by atoms with Crippen molar-refractivity contribution in [2.24, 2.45) is 11.7 Å². The molecule has 0 aromatic rings. The second kappa shape index (κ2) is 4.26. The van der Waals surface area contributed by atoms with E-state index in [2.05, 4.69) is 0 Å². The van der Waals surface area contributed by atoms with E-state index in [1.807, 2.05) is 0 Å². The van der Waals surface area contributed by atoms with E-state index < -0.39 is 11.6 Å². The number of carboxylic acids is 1. The Labute approximate surface area is 83.5 Å². The van der Waals surface area contributed by atoms with E-state index in [1.54, 1.807) is 6.92 Å². The standard InChI is InChI=1S/C8H15NO3.ClH/c1-5-4-6(9)2-3-8(5,12)7(10)11;/h5-6,12H,2-4,9H2,1H3,(H,10,11);1H/t5-,6-,8?;/m0./s1. The fraction of sp³-hybridized carbons (Fsp3) is 0.875. The maximum atomic E-state index is 10.7. The summed E-state index contributed by atoms with van der Waals surface area (Å²) in [6, 6.07) is 0.0413. The van der Waals surface area contributed by atoms with Crippen LogP contribution in [-0.4, -0.2) is 27.8 Å². The molecule has 0 aliphatic heterocycles. The summed E-state index contributed by atoms with van der Waals surface area (Å²) in [6.07, 6.45) is 1.45. The maximum Gasteiger partial charge on any atom is 0.335 e. The first-order valence-electron chi connectivity index (χ1n) is 4.18. The van der Waals surface area contributed by atoms with E-state index in [4.69, 9.17) is 10.8 Å². The predicted octanol–water partition coefficient (Wildman–Crippen LogP) is 0.371. The molecular formula is C8H16ClNO3. The van der Waals surface area contributed by atoms with E-state index in [-0.39, 0.29) is 30.8 Å². The van der Waals surface area contributed by atoms with E-state index in [9.17, 15) is 9.90 Å². The minimum atomic E-state index is -1.55.